The number of aliphatic hydroxyl groups is 1. The van der Waals surface area contributed by atoms with Crippen LogP contribution in [0.1, 0.15) is 31.5 Å². The van der Waals surface area contributed by atoms with Gasteiger partial charge in [0.15, 0.2) is 0 Å². The van der Waals surface area contributed by atoms with E-state index in [9.17, 15) is 5.11 Å². The second kappa shape index (κ2) is 7.19. The lowest BCUT2D eigenvalue weighted by Crippen LogP contribution is -2.37. The molecule has 154 valence electrons. The molecular formula is C21H29N7O. The quantitative estimate of drug-likeness (QED) is 0.660. The van der Waals surface area contributed by atoms with Gasteiger partial charge >= 0.3 is 0 Å². The van der Waals surface area contributed by atoms with Gasteiger partial charge in [-0.15, -0.1) is 10.2 Å². The topological polar surface area (TPSA) is 86.1 Å². The summed E-state index contributed by atoms with van der Waals surface area (Å²) in [6.07, 6.45) is 1.81. The highest BCUT2D eigenvalue weighted by Crippen LogP contribution is 2.43. The zero-order valence-corrected chi connectivity index (χ0v) is 17.1. The molecule has 0 radical (unpaired) electrons. The molecule has 8 nitrogen and oxygen atoms in total. The average Bonchev–Trinajstić information content (AvgIpc) is 3.43. The van der Waals surface area contributed by atoms with Gasteiger partial charge in [-0.2, -0.15) is 0 Å². The van der Waals surface area contributed by atoms with Gasteiger partial charge in [0.2, 0.25) is 0 Å². The number of likely N-dealkylation sites (tertiary alicyclic amines) is 2. The molecule has 2 N–H and O–H groups in total. The molecule has 3 aromatic rings. The fourth-order valence-electron chi connectivity index (χ4n) is 5.17. The third kappa shape index (κ3) is 3.35. The lowest BCUT2D eigenvalue weighted by Gasteiger charge is -2.27. The number of nitrogens with one attached hydrogen (secondary N) is 1. The standard InChI is InChI=1S/C21H29N7O/c1-15(2)28-14-22-25-20(28)10-27-8-16-7-26(11-21(16,12-27)13-29)9-19-23-17-5-3-4-6-18(17)24-19/h3-6,14-16,29H,7-13H2,1-2H3,(H,23,24). The first-order valence-corrected chi connectivity index (χ1v) is 10.4. The van der Waals surface area contributed by atoms with Gasteiger partial charge in [0.25, 0.3) is 0 Å². The number of hydrogen-bond acceptors (Lipinski definition) is 6. The zero-order chi connectivity index (χ0) is 20.0. The molecule has 2 saturated heterocycles. The van der Waals surface area contributed by atoms with E-state index in [-0.39, 0.29) is 12.0 Å². The Morgan fingerprint density at radius 2 is 1.93 bits per heavy atom. The van der Waals surface area contributed by atoms with Crippen molar-refractivity contribution in [3.8, 4) is 0 Å². The fraction of sp³-hybridized carbons (Fsp3) is 0.571. The normalized spacial score (nSPS) is 25.4. The van der Waals surface area contributed by atoms with Gasteiger partial charge < -0.3 is 14.7 Å². The maximum absolute atomic E-state index is 10.3. The second-order valence-electron chi connectivity index (χ2n) is 9.01. The molecule has 0 amide bonds. The molecule has 8 heteroatoms. The van der Waals surface area contributed by atoms with Gasteiger partial charge in [0.1, 0.15) is 18.0 Å². The van der Waals surface area contributed by atoms with Crippen molar-refractivity contribution in [2.75, 3.05) is 32.8 Å². The Bertz CT molecular complexity index is 963. The van der Waals surface area contributed by atoms with Crippen molar-refractivity contribution in [2.24, 2.45) is 11.3 Å². The first-order chi connectivity index (χ1) is 14.1. The highest BCUT2D eigenvalue weighted by molar-refractivity contribution is 5.74. The van der Waals surface area contributed by atoms with Crippen molar-refractivity contribution in [2.45, 2.75) is 33.0 Å². The molecule has 0 saturated carbocycles. The molecule has 29 heavy (non-hydrogen) atoms. The van der Waals surface area contributed by atoms with Crippen LogP contribution in [-0.4, -0.2) is 72.4 Å². The molecule has 0 bridgehead atoms. The van der Waals surface area contributed by atoms with Crippen LogP contribution in [0.15, 0.2) is 30.6 Å². The molecule has 2 atom stereocenters. The molecule has 2 aliphatic rings. The smallest absolute Gasteiger partial charge is 0.147 e. The van der Waals surface area contributed by atoms with Crippen molar-refractivity contribution in [1.29, 1.82) is 0 Å². The molecule has 2 fully saturated rings. The molecule has 2 aliphatic heterocycles. The summed E-state index contributed by atoms with van der Waals surface area (Å²) in [5.41, 5.74) is 2.03. The number of aromatic nitrogens is 5. The van der Waals surface area contributed by atoms with Crippen LogP contribution in [0.4, 0.5) is 0 Å². The van der Waals surface area contributed by atoms with Crippen molar-refractivity contribution < 1.29 is 5.11 Å². The molecule has 0 aliphatic carbocycles. The largest absolute Gasteiger partial charge is 0.396 e. The monoisotopic (exact) mass is 395 g/mol. The molecule has 2 aromatic heterocycles. The van der Waals surface area contributed by atoms with Crippen LogP contribution >= 0.6 is 0 Å². The summed E-state index contributed by atoms with van der Waals surface area (Å²) in [7, 11) is 0. The number of hydrogen-bond donors (Lipinski definition) is 2. The maximum atomic E-state index is 10.3. The molecule has 5 rings (SSSR count). The van der Waals surface area contributed by atoms with Crippen molar-refractivity contribution in [3.05, 3.63) is 42.2 Å². The Labute approximate surface area is 170 Å². The second-order valence-corrected chi connectivity index (χ2v) is 9.01. The Kier molecular flexibility index (Phi) is 4.64. The van der Waals surface area contributed by atoms with E-state index in [2.05, 4.69) is 49.5 Å². The molecule has 1 aromatic carbocycles. The number of aromatic amines is 1. The number of H-pyrrole nitrogens is 1. The molecule has 4 heterocycles. The van der Waals surface area contributed by atoms with E-state index in [1.165, 1.54) is 0 Å². The minimum absolute atomic E-state index is 0.0608. The van der Waals surface area contributed by atoms with Gasteiger partial charge in [0.05, 0.1) is 30.7 Å². The Hall–Kier alpha value is -2.29. The minimum Gasteiger partial charge on any atom is -0.396 e. The van der Waals surface area contributed by atoms with Crippen LogP contribution in [-0.2, 0) is 13.1 Å². The van der Waals surface area contributed by atoms with Gasteiger partial charge in [-0.25, -0.2) is 4.98 Å². The molecule has 0 spiro atoms. The number of fused-ring (bicyclic) bond motifs is 2. The summed E-state index contributed by atoms with van der Waals surface area (Å²) in [4.78, 5) is 13.0. The third-order valence-corrected chi connectivity index (χ3v) is 6.60. The van der Waals surface area contributed by atoms with E-state index in [4.69, 9.17) is 4.98 Å². The van der Waals surface area contributed by atoms with Crippen LogP contribution in [0.2, 0.25) is 0 Å². The van der Waals surface area contributed by atoms with Crippen LogP contribution < -0.4 is 0 Å². The van der Waals surface area contributed by atoms with E-state index >= 15 is 0 Å². The lowest BCUT2D eigenvalue weighted by molar-refractivity contribution is 0.109. The van der Waals surface area contributed by atoms with Crippen LogP contribution in [0.5, 0.6) is 0 Å². The third-order valence-electron chi connectivity index (χ3n) is 6.60. The number of imidazole rings is 1. The summed E-state index contributed by atoms with van der Waals surface area (Å²) in [5, 5.41) is 18.7. The SMILES string of the molecule is CC(C)n1cnnc1CN1CC2CN(Cc3nc4ccccc4[nH]3)CC2(CO)C1. The van der Waals surface area contributed by atoms with Gasteiger partial charge in [-0.05, 0) is 31.9 Å². The summed E-state index contributed by atoms with van der Waals surface area (Å²) in [5.74, 6) is 2.47. The van der Waals surface area contributed by atoms with E-state index in [0.717, 1.165) is 62.0 Å². The van der Waals surface area contributed by atoms with E-state index in [1.54, 1.807) is 0 Å². The van der Waals surface area contributed by atoms with Crippen molar-refractivity contribution >= 4 is 11.0 Å². The van der Waals surface area contributed by atoms with Gasteiger partial charge in [-0.3, -0.25) is 9.80 Å². The number of aliphatic hydroxyl groups excluding tert-OH is 1. The highest BCUT2D eigenvalue weighted by Gasteiger charge is 2.52. The molecule has 2 unspecified atom stereocenters. The summed E-state index contributed by atoms with van der Waals surface area (Å²) < 4.78 is 2.13. The predicted octanol–water partition coefficient (Wildman–Crippen LogP) is 1.66. The summed E-state index contributed by atoms with van der Waals surface area (Å²) >= 11 is 0. The number of nitrogens with zero attached hydrogens (tertiary/aromatic N) is 6. The van der Waals surface area contributed by atoms with Gasteiger partial charge in [0, 0.05) is 37.6 Å². The van der Waals surface area contributed by atoms with Crippen LogP contribution in [0.25, 0.3) is 11.0 Å². The minimum atomic E-state index is -0.0608. The van der Waals surface area contributed by atoms with E-state index < -0.39 is 0 Å². The number of benzene rings is 1. The zero-order valence-electron chi connectivity index (χ0n) is 17.1. The Balaban J connectivity index is 1.26. The molecular weight excluding hydrogens is 366 g/mol. The summed E-state index contributed by atoms with van der Waals surface area (Å²) in [6, 6.07) is 8.50. The Morgan fingerprint density at radius 3 is 2.62 bits per heavy atom. The number of para-hydroxylation sites is 2. The van der Waals surface area contributed by atoms with E-state index in [0.29, 0.717) is 12.0 Å². The van der Waals surface area contributed by atoms with Crippen LogP contribution in [0.3, 0.4) is 0 Å². The predicted molar refractivity (Wildman–Crippen MR) is 110 cm³/mol. The van der Waals surface area contributed by atoms with Crippen molar-refractivity contribution in [1.82, 2.24) is 34.5 Å². The first kappa shape index (κ1) is 18.7. The van der Waals surface area contributed by atoms with Crippen molar-refractivity contribution in [3.63, 3.8) is 0 Å². The average molecular weight is 396 g/mol. The van der Waals surface area contributed by atoms with Crippen LogP contribution in [0, 0.1) is 11.3 Å². The number of rotatable bonds is 6. The highest BCUT2D eigenvalue weighted by atomic mass is 16.3. The van der Waals surface area contributed by atoms with Gasteiger partial charge in [-0.1, -0.05) is 12.1 Å². The maximum Gasteiger partial charge on any atom is 0.147 e. The fourth-order valence-corrected chi connectivity index (χ4v) is 5.17. The summed E-state index contributed by atoms with van der Waals surface area (Å²) in [6.45, 7) is 9.89. The van der Waals surface area contributed by atoms with E-state index in [1.807, 2.05) is 24.5 Å². The lowest BCUT2D eigenvalue weighted by atomic mass is 9.82. The Morgan fingerprint density at radius 1 is 1.17 bits per heavy atom. The first-order valence-electron chi connectivity index (χ1n) is 10.4.